The third-order valence-corrected chi connectivity index (χ3v) is 3.79. The maximum absolute atomic E-state index is 13.8. The van der Waals surface area contributed by atoms with Crippen molar-refractivity contribution < 1.29 is 13.6 Å². The molecule has 0 saturated carbocycles. The Balaban J connectivity index is 1.89. The van der Waals surface area contributed by atoms with Gasteiger partial charge in [0.25, 0.3) is 0 Å². The molecule has 3 nitrogen and oxygen atoms in total. The number of rotatable bonds is 4. The molecule has 0 radical (unpaired) electrons. The van der Waals surface area contributed by atoms with Gasteiger partial charge >= 0.3 is 0 Å². The molecule has 1 heterocycles. The Labute approximate surface area is 117 Å². The molecule has 0 aliphatic carbocycles. The van der Waals surface area contributed by atoms with Gasteiger partial charge in [-0.15, -0.1) is 0 Å². The van der Waals surface area contributed by atoms with Crippen LogP contribution in [0.15, 0.2) is 12.1 Å². The lowest BCUT2D eigenvalue weighted by Crippen LogP contribution is -2.28. The zero-order valence-corrected chi connectivity index (χ0v) is 11.6. The first-order chi connectivity index (χ1) is 9.58. The van der Waals surface area contributed by atoms with E-state index in [2.05, 4.69) is 10.6 Å². The topological polar surface area (TPSA) is 41.1 Å². The van der Waals surface area contributed by atoms with Crippen LogP contribution in [0.4, 0.5) is 14.5 Å². The van der Waals surface area contributed by atoms with Crippen molar-refractivity contribution in [2.45, 2.75) is 32.6 Å². The molecule has 20 heavy (non-hydrogen) atoms. The van der Waals surface area contributed by atoms with E-state index in [1.807, 2.05) is 0 Å². The average Bonchev–Trinajstić information content (AvgIpc) is 2.46. The molecule has 0 unspecified atom stereocenters. The van der Waals surface area contributed by atoms with Crippen LogP contribution < -0.4 is 10.6 Å². The first kappa shape index (κ1) is 14.9. The molecular formula is C15H20F2N2O. The minimum Gasteiger partial charge on any atom is -0.321 e. The Hall–Kier alpha value is -1.49. The number of piperidine rings is 1. The first-order valence-corrected chi connectivity index (χ1v) is 7.03. The normalized spacial score (nSPS) is 16.1. The molecule has 110 valence electrons. The molecule has 0 atom stereocenters. The van der Waals surface area contributed by atoms with E-state index in [4.69, 9.17) is 0 Å². The molecule has 1 aromatic carbocycles. The Bertz CT molecular complexity index is 485. The molecule has 0 bridgehead atoms. The van der Waals surface area contributed by atoms with Gasteiger partial charge in [-0.3, -0.25) is 4.79 Å². The van der Waals surface area contributed by atoms with Crippen molar-refractivity contribution in [1.29, 1.82) is 0 Å². The fraction of sp³-hybridized carbons (Fsp3) is 0.533. The van der Waals surface area contributed by atoms with Gasteiger partial charge in [0.1, 0.15) is 11.5 Å². The van der Waals surface area contributed by atoms with Gasteiger partial charge < -0.3 is 10.6 Å². The summed E-state index contributed by atoms with van der Waals surface area (Å²) >= 11 is 0. The van der Waals surface area contributed by atoms with Gasteiger partial charge in [0.2, 0.25) is 5.91 Å². The van der Waals surface area contributed by atoms with E-state index >= 15 is 0 Å². The predicted molar refractivity (Wildman–Crippen MR) is 74.6 cm³/mol. The SMILES string of the molecule is Cc1ccc(F)c(NC(=O)CCC2CCNCC2)c1F. The highest BCUT2D eigenvalue weighted by molar-refractivity contribution is 5.91. The maximum Gasteiger partial charge on any atom is 0.224 e. The molecule has 2 rings (SSSR count). The summed E-state index contributed by atoms with van der Waals surface area (Å²) in [6, 6.07) is 2.52. The van der Waals surface area contributed by atoms with E-state index in [1.54, 1.807) is 6.92 Å². The standard InChI is InChI=1S/C15H20F2N2O/c1-10-2-4-12(16)15(14(10)17)19-13(20)5-3-11-6-8-18-9-7-11/h2,4,11,18H,3,5-9H2,1H3,(H,19,20). The number of anilines is 1. The number of carbonyl (C=O) groups excluding carboxylic acids is 1. The molecule has 1 aromatic rings. The number of nitrogens with one attached hydrogen (secondary N) is 2. The number of hydrogen-bond donors (Lipinski definition) is 2. The van der Waals surface area contributed by atoms with Crippen LogP contribution in [0, 0.1) is 24.5 Å². The van der Waals surface area contributed by atoms with Crippen molar-refractivity contribution in [3.63, 3.8) is 0 Å². The minimum absolute atomic E-state index is 0.303. The Morgan fingerprint density at radius 3 is 2.75 bits per heavy atom. The molecule has 1 amide bonds. The van der Waals surface area contributed by atoms with Gasteiger partial charge in [-0.1, -0.05) is 6.07 Å². The summed E-state index contributed by atoms with van der Waals surface area (Å²) in [5.74, 6) is -1.23. The Kier molecular flexibility index (Phi) is 5.06. The van der Waals surface area contributed by atoms with Crippen LogP contribution in [-0.2, 0) is 4.79 Å². The monoisotopic (exact) mass is 282 g/mol. The van der Waals surface area contributed by atoms with E-state index in [0.29, 0.717) is 17.9 Å². The predicted octanol–water partition coefficient (Wildman–Crippen LogP) is 2.99. The van der Waals surface area contributed by atoms with Gasteiger partial charge in [-0.25, -0.2) is 8.78 Å². The largest absolute Gasteiger partial charge is 0.321 e. The number of halogens is 2. The Morgan fingerprint density at radius 2 is 2.05 bits per heavy atom. The fourth-order valence-electron chi connectivity index (χ4n) is 2.48. The smallest absolute Gasteiger partial charge is 0.224 e. The van der Waals surface area contributed by atoms with E-state index in [-0.39, 0.29) is 11.6 Å². The molecule has 1 aliphatic rings. The summed E-state index contributed by atoms with van der Waals surface area (Å²) in [5, 5.41) is 5.62. The van der Waals surface area contributed by atoms with Crippen LogP contribution in [0.2, 0.25) is 0 Å². The van der Waals surface area contributed by atoms with Crippen LogP contribution in [0.3, 0.4) is 0 Å². The van der Waals surface area contributed by atoms with Crippen LogP contribution in [0.5, 0.6) is 0 Å². The highest BCUT2D eigenvalue weighted by Crippen LogP contribution is 2.23. The van der Waals surface area contributed by atoms with E-state index in [1.165, 1.54) is 12.1 Å². The lowest BCUT2D eigenvalue weighted by atomic mass is 9.93. The summed E-state index contributed by atoms with van der Waals surface area (Å²) < 4.78 is 27.3. The summed E-state index contributed by atoms with van der Waals surface area (Å²) in [7, 11) is 0. The zero-order chi connectivity index (χ0) is 14.5. The zero-order valence-electron chi connectivity index (χ0n) is 11.6. The van der Waals surface area contributed by atoms with Crippen molar-refractivity contribution in [3.05, 3.63) is 29.3 Å². The van der Waals surface area contributed by atoms with Gasteiger partial charge in [0.05, 0.1) is 0 Å². The number of benzene rings is 1. The molecule has 1 saturated heterocycles. The number of carbonyl (C=O) groups is 1. The van der Waals surface area contributed by atoms with E-state index in [0.717, 1.165) is 32.4 Å². The highest BCUT2D eigenvalue weighted by Gasteiger charge is 2.17. The van der Waals surface area contributed by atoms with Crippen molar-refractivity contribution in [3.8, 4) is 0 Å². The van der Waals surface area contributed by atoms with Crippen LogP contribution in [0.1, 0.15) is 31.2 Å². The molecule has 1 aliphatic heterocycles. The third kappa shape index (κ3) is 3.76. The first-order valence-electron chi connectivity index (χ1n) is 7.03. The van der Waals surface area contributed by atoms with Crippen LogP contribution in [-0.4, -0.2) is 19.0 Å². The van der Waals surface area contributed by atoms with Crippen molar-refractivity contribution in [2.24, 2.45) is 5.92 Å². The lowest BCUT2D eigenvalue weighted by molar-refractivity contribution is -0.116. The second-order valence-corrected chi connectivity index (χ2v) is 5.33. The highest BCUT2D eigenvalue weighted by atomic mass is 19.1. The van der Waals surface area contributed by atoms with E-state index in [9.17, 15) is 13.6 Å². The summed E-state index contributed by atoms with van der Waals surface area (Å²) in [6.45, 7) is 3.50. The summed E-state index contributed by atoms with van der Waals surface area (Å²) in [5.41, 5.74) is -0.0136. The second-order valence-electron chi connectivity index (χ2n) is 5.33. The van der Waals surface area contributed by atoms with Gasteiger partial charge in [-0.2, -0.15) is 0 Å². The molecule has 0 aromatic heterocycles. The Morgan fingerprint density at radius 1 is 1.35 bits per heavy atom. The molecule has 0 spiro atoms. The van der Waals surface area contributed by atoms with Crippen molar-refractivity contribution >= 4 is 11.6 Å². The molecule has 1 fully saturated rings. The lowest BCUT2D eigenvalue weighted by Gasteiger charge is -2.22. The molecule has 5 heteroatoms. The molecular weight excluding hydrogens is 262 g/mol. The quantitative estimate of drug-likeness (QED) is 0.891. The van der Waals surface area contributed by atoms with Gasteiger partial charge in [0.15, 0.2) is 5.82 Å². The van der Waals surface area contributed by atoms with Crippen LogP contribution in [0.25, 0.3) is 0 Å². The van der Waals surface area contributed by atoms with Gasteiger partial charge in [-0.05, 0) is 56.8 Å². The van der Waals surface area contributed by atoms with Crippen LogP contribution >= 0.6 is 0 Å². The summed E-state index contributed by atoms with van der Waals surface area (Å²) in [6.07, 6.45) is 3.18. The number of hydrogen-bond acceptors (Lipinski definition) is 2. The number of amides is 1. The third-order valence-electron chi connectivity index (χ3n) is 3.79. The van der Waals surface area contributed by atoms with Crippen molar-refractivity contribution in [2.75, 3.05) is 18.4 Å². The van der Waals surface area contributed by atoms with E-state index < -0.39 is 11.6 Å². The average molecular weight is 282 g/mol. The fourth-order valence-corrected chi connectivity index (χ4v) is 2.48. The number of aryl methyl sites for hydroxylation is 1. The molecule has 2 N–H and O–H groups in total. The minimum atomic E-state index is -0.733. The summed E-state index contributed by atoms with van der Waals surface area (Å²) in [4.78, 5) is 11.8. The van der Waals surface area contributed by atoms with Gasteiger partial charge in [0, 0.05) is 6.42 Å². The van der Waals surface area contributed by atoms with Crippen molar-refractivity contribution in [1.82, 2.24) is 5.32 Å². The maximum atomic E-state index is 13.8. The second kappa shape index (κ2) is 6.79.